The first-order valence-corrected chi connectivity index (χ1v) is 8.49. The standard InChI is InChI=1S/C12H14Cl2N2O3S/c13-5-6-15-12(17)16-7-11(8-16)20(18,19)10-3-1-9(14)2-4-10/h1-4,11H,5-8H2,(H,15,17). The van der Waals surface area contributed by atoms with Gasteiger partial charge in [0.15, 0.2) is 9.84 Å². The van der Waals surface area contributed by atoms with Gasteiger partial charge in [0, 0.05) is 30.5 Å². The predicted molar refractivity (Wildman–Crippen MR) is 78.1 cm³/mol. The summed E-state index contributed by atoms with van der Waals surface area (Å²) >= 11 is 11.2. The molecule has 1 N–H and O–H groups in total. The Kier molecular flexibility index (Phi) is 4.78. The average Bonchev–Trinajstić information content (AvgIpc) is 2.34. The molecule has 2 amide bonds. The van der Waals surface area contributed by atoms with E-state index in [1.165, 1.54) is 29.2 Å². The lowest BCUT2D eigenvalue weighted by atomic mass is 10.2. The van der Waals surface area contributed by atoms with Gasteiger partial charge in [0.25, 0.3) is 0 Å². The highest BCUT2D eigenvalue weighted by Crippen LogP contribution is 2.24. The molecule has 5 nitrogen and oxygen atoms in total. The van der Waals surface area contributed by atoms with Gasteiger partial charge in [0.2, 0.25) is 0 Å². The van der Waals surface area contributed by atoms with Gasteiger partial charge in [-0.15, -0.1) is 11.6 Å². The number of hydrogen-bond acceptors (Lipinski definition) is 3. The minimum absolute atomic E-state index is 0.194. The Morgan fingerprint density at radius 2 is 1.90 bits per heavy atom. The fourth-order valence-corrected chi connectivity index (χ4v) is 3.76. The summed E-state index contributed by atoms with van der Waals surface area (Å²) in [6.07, 6.45) is 0. The van der Waals surface area contributed by atoms with Gasteiger partial charge >= 0.3 is 6.03 Å². The van der Waals surface area contributed by atoms with Crippen LogP contribution < -0.4 is 5.32 Å². The Morgan fingerprint density at radius 1 is 1.30 bits per heavy atom. The van der Waals surface area contributed by atoms with Crippen LogP contribution in [0.1, 0.15) is 0 Å². The first kappa shape index (κ1) is 15.4. The molecular formula is C12H14Cl2N2O3S. The molecule has 1 aliphatic rings. The number of urea groups is 1. The summed E-state index contributed by atoms with van der Waals surface area (Å²) in [5.41, 5.74) is 0. The quantitative estimate of drug-likeness (QED) is 0.851. The van der Waals surface area contributed by atoms with Crippen LogP contribution in [-0.4, -0.2) is 50.1 Å². The third-order valence-electron chi connectivity index (χ3n) is 3.09. The zero-order valence-electron chi connectivity index (χ0n) is 10.6. The Morgan fingerprint density at radius 3 is 2.45 bits per heavy atom. The number of rotatable bonds is 4. The molecule has 0 aromatic heterocycles. The lowest BCUT2D eigenvalue weighted by Crippen LogP contribution is -2.59. The third kappa shape index (κ3) is 3.19. The first-order chi connectivity index (χ1) is 9.45. The van der Waals surface area contributed by atoms with Gasteiger partial charge in [-0.05, 0) is 24.3 Å². The molecule has 2 rings (SSSR count). The highest BCUT2D eigenvalue weighted by molar-refractivity contribution is 7.92. The summed E-state index contributed by atoms with van der Waals surface area (Å²) in [5.74, 6) is 0.325. The van der Waals surface area contributed by atoms with Crippen molar-refractivity contribution < 1.29 is 13.2 Å². The molecule has 1 heterocycles. The molecule has 20 heavy (non-hydrogen) atoms. The molecule has 110 valence electrons. The molecule has 1 saturated heterocycles. The molecule has 1 aromatic rings. The second-order valence-corrected chi connectivity index (χ2v) is 7.49. The van der Waals surface area contributed by atoms with Crippen molar-refractivity contribution in [2.24, 2.45) is 0 Å². The maximum Gasteiger partial charge on any atom is 0.317 e. The summed E-state index contributed by atoms with van der Waals surface area (Å²) in [6.45, 7) is 0.754. The van der Waals surface area contributed by atoms with Crippen LogP contribution in [0.25, 0.3) is 0 Å². The van der Waals surface area contributed by atoms with E-state index in [9.17, 15) is 13.2 Å². The fourth-order valence-electron chi connectivity index (χ4n) is 1.88. The number of halogens is 2. The monoisotopic (exact) mass is 336 g/mol. The highest BCUT2D eigenvalue weighted by Gasteiger charge is 2.40. The van der Waals surface area contributed by atoms with Crippen molar-refractivity contribution in [2.75, 3.05) is 25.5 Å². The lowest BCUT2D eigenvalue weighted by Gasteiger charge is -2.38. The van der Waals surface area contributed by atoms with Crippen LogP contribution in [0, 0.1) is 0 Å². The molecule has 0 atom stereocenters. The second-order valence-electron chi connectivity index (χ2n) is 4.45. The molecule has 1 aromatic carbocycles. The number of sulfone groups is 1. The lowest BCUT2D eigenvalue weighted by molar-refractivity contribution is 0.170. The molecule has 0 spiro atoms. The zero-order chi connectivity index (χ0) is 14.8. The fraction of sp³-hybridized carbons (Fsp3) is 0.417. The number of likely N-dealkylation sites (tertiary alicyclic amines) is 1. The smallest absolute Gasteiger partial charge is 0.317 e. The van der Waals surface area contributed by atoms with Crippen molar-refractivity contribution in [1.82, 2.24) is 10.2 Å². The number of nitrogens with zero attached hydrogens (tertiary/aromatic N) is 1. The molecule has 0 unspecified atom stereocenters. The number of benzene rings is 1. The van der Waals surface area contributed by atoms with Crippen molar-refractivity contribution in [3.8, 4) is 0 Å². The SMILES string of the molecule is O=C(NCCCl)N1CC(S(=O)(=O)c2ccc(Cl)cc2)C1. The van der Waals surface area contributed by atoms with Gasteiger partial charge in [-0.3, -0.25) is 0 Å². The van der Waals surface area contributed by atoms with Crippen LogP contribution in [0.15, 0.2) is 29.2 Å². The first-order valence-electron chi connectivity index (χ1n) is 6.03. The van der Waals surface area contributed by atoms with E-state index in [4.69, 9.17) is 23.2 Å². The highest BCUT2D eigenvalue weighted by atomic mass is 35.5. The normalized spacial score (nSPS) is 15.8. The van der Waals surface area contributed by atoms with Crippen LogP contribution >= 0.6 is 23.2 Å². The van der Waals surface area contributed by atoms with E-state index >= 15 is 0 Å². The van der Waals surface area contributed by atoms with Crippen molar-refractivity contribution in [3.05, 3.63) is 29.3 Å². The second kappa shape index (κ2) is 6.20. The van der Waals surface area contributed by atoms with E-state index in [1.807, 2.05) is 0 Å². The maximum absolute atomic E-state index is 12.3. The van der Waals surface area contributed by atoms with Gasteiger partial charge in [-0.25, -0.2) is 13.2 Å². The average molecular weight is 337 g/mol. The predicted octanol–water partition coefficient (Wildman–Crippen LogP) is 1.75. The van der Waals surface area contributed by atoms with Gasteiger partial charge in [0.05, 0.1) is 4.90 Å². The van der Waals surface area contributed by atoms with E-state index in [0.29, 0.717) is 17.4 Å². The zero-order valence-corrected chi connectivity index (χ0v) is 12.9. The van der Waals surface area contributed by atoms with E-state index in [1.54, 1.807) is 0 Å². The third-order valence-corrected chi connectivity index (χ3v) is 5.63. The number of amides is 2. The Labute approximate surface area is 127 Å². The minimum Gasteiger partial charge on any atom is -0.337 e. The number of nitrogens with one attached hydrogen (secondary N) is 1. The molecule has 0 radical (unpaired) electrons. The van der Waals surface area contributed by atoms with Crippen molar-refractivity contribution >= 4 is 39.1 Å². The summed E-state index contributed by atoms with van der Waals surface area (Å²) in [7, 11) is -3.41. The summed E-state index contributed by atoms with van der Waals surface area (Å²) in [6, 6.07) is 5.76. The summed E-state index contributed by atoms with van der Waals surface area (Å²) in [5, 5.41) is 2.52. The van der Waals surface area contributed by atoms with Crippen LogP contribution in [-0.2, 0) is 9.84 Å². The van der Waals surface area contributed by atoms with Gasteiger partial charge in [0.1, 0.15) is 5.25 Å². The molecule has 1 fully saturated rings. The number of carbonyl (C=O) groups excluding carboxylic acids is 1. The molecule has 0 bridgehead atoms. The van der Waals surface area contributed by atoms with Crippen molar-refractivity contribution in [1.29, 1.82) is 0 Å². The topological polar surface area (TPSA) is 66.5 Å². The van der Waals surface area contributed by atoms with Gasteiger partial charge in [-0.2, -0.15) is 0 Å². The molecule has 8 heteroatoms. The summed E-state index contributed by atoms with van der Waals surface area (Å²) < 4.78 is 24.6. The van der Waals surface area contributed by atoms with E-state index in [2.05, 4.69) is 5.32 Å². The molecule has 0 saturated carbocycles. The Hall–Kier alpha value is -0.980. The molecule has 0 aliphatic carbocycles. The molecule has 1 aliphatic heterocycles. The maximum atomic E-state index is 12.3. The van der Waals surface area contributed by atoms with E-state index in [0.717, 1.165) is 0 Å². The van der Waals surface area contributed by atoms with Gasteiger partial charge in [-0.1, -0.05) is 11.6 Å². The van der Waals surface area contributed by atoms with Crippen LogP contribution in [0.3, 0.4) is 0 Å². The number of carbonyl (C=O) groups is 1. The van der Waals surface area contributed by atoms with E-state index < -0.39 is 15.1 Å². The number of hydrogen-bond donors (Lipinski definition) is 1. The van der Waals surface area contributed by atoms with Crippen LogP contribution in [0.5, 0.6) is 0 Å². The summed E-state index contributed by atoms with van der Waals surface area (Å²) in [4.78, 5) is 13.3. The van der Waals surface area contributed by atoms with Crippen molar-refractivity contribution in [2.45, 2.75) is 10.1 Å². The minimum atomic E-state index is -3.41. The molecular weight excluding hydrogens is 323 g/mol. The largest absolute Gasteiger partial charge is 0.337 e. The van der Waals surface area contributed by atoms with Crippen molar-refractivity contribution in [3.63, 3.8) is 0 Å². The van der Waals surface area contributed by atoms with Crippen LogP contribution in [0.2, 0.25) is 5.02 Å². The number of alkyl halides is 1. The van der Waals surface area contributed by atoms with E-state index in [-0.39, 0.29) is 24.0 Å². The Balaban J connectivity index is 1.97. The Bertz CT molecular complexity index is 583. The van der Waals surface area contributed by atoms with Gasteiger partial charge < -0.3 is 10.2 Å². The van der Waals surface area contributed by atoms with Crippen LogP contribution in [0.4, 0.5) is 4.79 Å².